The zero-order valence-electron chi connectivity index (χ0n) is 13.3. The molecule has 0 heterocycles. The average molecular weight is 329 g/mol. The zero-order valence-corrected chi connectivity index (χ0v) is 13.3. The SMILES string of the molecule is C#CCN(Cc1ccc(F)c(F)c1)c1ccc(CC(=O)OC)cc1. The Morgan fingerprint density at radius 3 is 2.38 bits per heavy atom. The molecule has 0 amide bonds. The quantitative estimate of drug-likeness (QED) is 0.601. The molecule has 24 heavy (non-hydrogen) atoms. The Morgan fingerprint density at radius 1 is 1.12 bits per heavy atom. The Labute approximate surface area is 139 Å². The topological polar surface area (TPSA) is 29.5 Å². The highest BCUT2D eigenvalue weighted by molar-refractivity contribution is 5.72. The monoisotopic (exact) mass is 329 g/mol. The first-order valence-corrected chi connectivity index (χ1v) is 7.31. The number of carbonyl (C=O) groups is 1. The summed E-state index contributed by atoms with van der Waals surface area (Å²) in [5.41, 5.74) is 2.26. The predicted octanol–water partition coefficient (Wildman–Crippen LogP) is 3.32. The van der Waals surface area contributed by atoms with Crippen LogP contribution in [0.25, 0.3) is 0 Å². The summed E-state index contributed by atoms with van der Waals surface area (Å²) in [5, 5.41) is 0. The molecule has 5 heteroatoms. The van der Waals surface area contributed by atoms with Crippen LogP contribution < -0.4 is 4.90 Å². The van der Waals surface area contributed by atoms with Crippen molar-refractivity contribution in [3.63, 3.8) is 0 Å². The summed E-state index contributed by atoms with van der Waals surface area (Å²) >= 11 is 0. The number of benzene rings is 2. The maximum Gasteiger partial charge on any atom is 0.309 e. The minimum absolute atomic E-state index is 0.190. The lowest BCUT2D eigenvalue weighted by molar-refractivity contribution is -0.139. The van der Waals surface area contributed by atoms with Gasteiger partial charge in [-0.3, -0.25) is 4.79 Å². The van der Waals surface area contributed by atoms with Gasteiger partial charge in [0.15, 0.2) is 11.6 Å². The smallest absolute Gasteiger partial charge is 0.309 e. The summed E-state index contributed by atoms with van der Waals surface area (Å²) in [6.07, 6.45) is 5.59. The van der Waals surface area contributed by atoms with Crippen LogP contribution in [0.1, 0.15) is 11.1 Å². The molecular weight excluding hydrogens is 312 g/mol. The first kappa shape index (κ1) is 17.5. The van der Waals surface area contributed by atoms with Crippen LogP contribution in [0.2, 0.25) is 0 Å². The standard InChI is InChI=1S/C19H17F2NO2/c1-3-10-22(13-15-6-9-17(20)18(21)11-15)16-7-4-14(5-8-16)12-19(23)24-2/h1,4-9,11H,10,12-13H2,2H3. The number of methoxy groups -OCH3 is 1. The van der Waals surface area contributed by atoms with E-state index in [4.69, 9.17) is 6.42 Å². The van der Waals surface area contributed by atoms with E-state index in [9.17, 15) is 13.6 Å². The van der Waals surface area contributed by atoms with Gasteiger partial charge in [-0.15, -0.1) is 6.42 Å². The molecule has 0 saturated heterocycles. The summed E-state index contributed by atoms with van der Waals surface area (Å²) in [6.45, 7) is 0.660. The van der Waals surface area contributed by atoms with Crippen molar-refractivity contribution in [2.45, 2.75) is 13.0 Å². The van der Waals surface area contributed by atoms with Gasteiger partial charge in [0.1, 0.15) is 0 Å². The van der Waals surface area contributed by atoms with Crippen LogP contribution >= 0.6 is 0 Å². The number of nitrogens with zero attached hydrogens (tertiary/aromatic N) is 1. The Bertz CT molecular complexity index is 751. The molecule has 0 bridgehead atoms. The van der Waals surface area contributed by atoms with E-state index in [1.54, 1.807) is 12.1 Å². The third-order valence-corrected chi connectivity index (χ3v) is 3.52. The number of rotatable bonds is 6. The van der Waals surface area contributed by atoms with Crippen molar-refractivity contribution in [2.24, 2.45) is 0 Å². The number of ether oxygens (including phenoxy) is 1. The van der Waals surface area contributed by atoms with Crippen molar-refractivity contribution in [1.29, 1.82) is 0 Å². The van der Waals surface area contributed by atoms with Gasteiger partial charge in [-0.25, -0.2) is 8.78 Å². The van der Waals surface area contributed by atoms with Crippen LogP contribution in [0.4, 0.5) is 14.5 Å². The molecule has 124 valence electrons. The average Bonchev–Trinajstić information content (AvgIpc) is 2.58. The summed E-state index contributed by atoms with van der Waals surface area (Å²) in [6, 6.07) is 11.0. The molecule has 0 N–H and O–H groups in total. The first-order valence-electron chi connectivity index (χ1n) is 7.31. The number of terminal acetylenes is 1. The highest BCUT2D eigenvalue weighted by Gasteiger charge is 2.10. The van der Waals surface area contributed by atoms with E-state index in [0.717, 1.165) is 23.4 Å². The molecular formula is C19H17F2NO2. The van der Waals surface area contributed by atoms with E-state index < -0.39 is 11.6 Å². The number of esters is 1. The van der Waals surface area contributed by atoms with Crippen molar-refractivity contribution < 1.29 is 18.3 Å². The van der Waals surface area contributed by atoms with E-state index in [-0.39, 0.29) is 12.4 Å². The molecule has 0 aliphatic heterocycles. The lowest BCUT2D eigenvalue weighted by atomic mass is 10.1. The minimum Gasteiger partial charge on any atom is -0.469 e. The maximum absolute atomic E-state index is 13.3. The highest BCUT2D eigenvalue weighted by atomic mass is 19.2. The van der Waals surface area contributed by atoms with Crippen molar-refractivity contribution in [3.8, 4) is 12.3 Å². The number of hydrogen-bond acceptors (Lipinski definition) is 3. The fourth-order valence-corrected chi connectivity index (χ4v) is 2.27. The molecule has 0 spiro atoms. The third-order valence-electron chi connectivity index (χ3n) is 3.52. The van der Waals surface area contributed by atoms with Crippen molar-refractivity contribution in [1.82, 2.24) is 0 Å². The van der Waals surface area contributed by atoms with Crippen molar-refractivity contribution in [3.05, 3.63) is 65.2 Å². The molecule has 2 aromatic rings. The summed E-state index contributed by atoms with van der Waals surface area (Å²) in [5.74, 6) is 0.470. The van der Waals surface area contributed by atoms with Gasteiger partial charge in [0, 0.05) is 12.2 Å². The van der Waals surface area contributed by atoms with E-state index in [1.165, 1.54) is 13.2 Å². The number of halogens is 2. The second kappa shape index (κ2) is 8.11. The highest BCUT2D eigenvalue weighted by Crippen LogP contribution is 2.19. The van der Waals surface area contributed by atoms with Crippen LogP contribution in [0.5, 0.6) is 0 Å². The van der Waals surface area contributed by atoms with Gasteiger partial charge in [0.2, 0.25) is 0 Å². The molecule has 0 saturated carbocycles. The third kappa shape index (κ3) is 4.56. The van der Waals surface area contributed by atoms with Gasteiger partial charge in [0.05, 0.1) is 20.1 Å². The Morgan fingerprint density at radius 2 is 1.79 bits per heavy atom. The van der Waals surface area contributed by atoms with Gasteiger partial charge >= 0.3 is 5.97 Å². The molecule has 0 atom stereocenters. The van der Waals surface area contributed by atoms with Gasteiger partial charge < -0.3 is 9.64 Å². The molecule has 0 fully saturated rings. The van der Waals surface area contributed by atoms with Crippen LogP contribution in [0.3, 0.4) is 0 Å². The number of anilines is 1. The largest absolute Gasteiger partial charge is 0.469 e. The van der Waals surface area contributed by atoms with Gasteiger partial charge in [-0.05, 0) is 35.4 Å². The molecule has 2 rings (SSSR count). The molecule has 3 nitrogen and oxygen atoms in total. The van der Waals surface area contributed by atoms with E-state index in [1.807, 2.05) is 17.0 Å². The van der Waals surface area contributed by atoms with E-state index in [0.29, 0.717) is 18.7 Å². The molecule has 0 aliphatic carbocycles. The Hall–Kier alpha value is -2.87. The molecule has 0 unspecified atom stereocenters. The van der Waals surface area contributed by atoms with Crippen LogP contribution in [0.15, 0.2) is 42.5 Å². The summed E-state index contributed by atoms with van der Waals surface area (Å²) in [7, 11) is 1.34. The molecule has 0 radical (unpaired) electrons. The lowest BCUT2D eigenvalue weighted by Gasteiger charge is -2.23. The number of carbonyl (C=O) groups excluding carboxylic acids is 1. The molecule has 2 aromatic carbocycles. The Balaban J connectivity index is 2.16. The van der Waals surface area contributed by atoms with Gasteiger partial charge in [0.25, 0.3) is 0 Å². The fourth-order valence-electron chi connectivity index (χ4n) is 2.27. The van der Waals surface area contributed by atoms with Gasteiger partial charge in [-0.2, -0.15) is 0 Å². The second-order valence-corrected chi connectivity index (χ2v) is 5.23. The van der Waals surface area contributed by atoms with Gasteiger partial charge in [-0.1, -0.05) is 24.1 Å². The first-order chi connectivity index (χ1) is 11.5. The fraction of sp³-hybridized carbons (Fsp3) is 0.211. The van der Waals surface area contributed by atoms with Crippen molar-refractivity contribution in [2.75, 3.05) is 18.6 Å². The summed E-state index contributed by atoms with van der Waals surface area (Å²) in [4.78, 5) is 13.1. The van der Waals surface area contributed by atoms with Crippen LogP contribution in [-0.2, 0) is 22.5 Å². The van der Waals surface area contributed by atoms with Crippen molar-refractivity contribution >= 4 is 11.7 Å². The summed E-state index contributed by atoms with van der Waals surface area (Å²) < 4.78 is 31.0. The molecule has 0 aromatic heterocycles. The second-order valence-electron chi connectivity index (χ2n) is 5.23. The predicted molar refractivity (Wildman–Crippen MR) is 88.4 cm³/mol. The number of hydrogen-bond donors (Lipinski definition) is 0. The maximum atomic E-state index is 13.3. The van der Waals surface area contributed by atoms with E-state index >= 15 is 0 Å². The lowest BCUT2D eigenvalue weighted by Crippen LogP contribution is -2.23. The Kier molecular flexibility index (Phi) is 5.91. The van der Waals surface area contributed by atoms with Crippen LogP contribution in [0, 0.1) is 24.0 Å². The van der Waals surface area contributed by atoms with E-state index in [2.05, 4.69) is 10.7 Å². The zero-order chi connectivity index (χ0) is 17.5. The van der Waals surface area contributed by atoms with Crippen LogP contribution in [-0.4, -0.2) is 19.6 Å². The normalized spacial score (nSPS) is 10.1. The minimum atomic E-state index is -0.887. The molecule has 0 aliphatic rings.